The van der Waals surface area contributed by atoms with Gasteiger partial charge in [-0.25, -0.2) is 0 Å². The summed E-state index contributed by atoms with van der Waals surface area (Å²) in [5.74, 6) is 1.79. The Balaban J connectivity index is 1.61. The summed E-state index contributed by atoms with van der Waals surface area (Å²) in [6.07, 6.45) is 4.09. The van der Waals surface area contributed by atoms with Crippen LogP contribution < -0.4 is 0 Å². The van der Waals surface area contributed by atoms with Crippen molar-refractivity contribution in [2.45, 2.75) is 18.9 Å². The van der Waals surface area contributed by atoms with Gasteiger partial charge in [-0.3, -0.25) is 9.69 Å². The Morgan fingerprint density at radius 2 is 1.95 bits per heavy atom. The predicted molar refractivity (Wildman–Crippen MR) is 75.8 cm³/mol. The maximum Gasteiger partial charge on any atom is 0.239 e. The molecule has 0 unspecified atom stereocenters. The summed E-state index contributed by atoms with van der Waals surface area (Å²) in [5, 5.41) is 0. The Hall–Kier alpha value is -0.870. The third-order valence-electron chi connectivity index (χ3n) is 4.99. The molecule has 3 rings (SSSR count). The first-order valence-electron chi connectivity index (χ1n) is 7.51. The lowest BCUT2D eigenvalue weighted by atomic mass is 10.0. The van der Waals surface area contributed by atoms with Gasteiger partial charge in [-0.1, -0.05) is 6.08 Å². The molecule has 4 heteroatoms. The molecule has 0 aromatic rings. The maximum absolute atomic E-state index is 12.7. The maximum atomic E-state index is 12.7. The number of nitrogens with zero attached hydrogens (tertiary/aromatic N) is 3. The number of hydrogen-bond donors (Lipinski definition) is 0. The van der Waals surface area contributed by atoms with Gasteiger partial charge in [-0.2, -0.15) is 0 Å². The molecule has 19 heavy (non-hydrogen) atoms. The molecule has 4 nitrogen and oxygen atoms in total. The third kappa shape index (κ3) is 2.43. The summed E-state index contributed by atoms with van der Waals surface area (Å²) in [6, 6.07) is 0.120. The summed E-state index contributed by atoms with van der Waals surface area (Å²) in [7, 11) is 2.19. The molecular weight excluding hydrogens is 238 g/mol. The number of rotatable bonds is 3. The SMILES string of the molecule is C=CCN1CCC[C@H]1C(=O)N1C[C@H]2CN(C)C[C@H]2C1. The van der Waals surface area contributed by atoms with Crippen LogP contribution in [0.25, 0.3) is 0 Å². The second kappa shape index (κ2) is 5.25. The summed E-state index contributed by atoms with van der Waals surface area (Å²) in [6.45, 7) is 9.97. The highest BCUT2D eigenvalue weighted by molar-refractivity contribution is 5.82. The zero-order chi connectivity index (χ0) is 13.4. The van der Waals surface area contributed by atoms with Gasteiger partial charge in [0.25, 0.3) is 0 Å². The monoisotopic (exact) mass is 263 g/mol. The molecule has 3 aliphatic heterocycles. The fraction of sp³-hybridized carbons (Fsp3) is 0.800. The highest BCUT2D eigenvalue weighted by Gasteiger charge is 2.43. The zero-order valence-electron chi connectivity index (χ0n) is 11.9. The highest BCUT2D eigenvalue weighted by atomic mass is 16.2. The molecule has 3 saturated heterocycles. The minimum absolute atomic E-state index is 0.120. The fourth-order valence-corrected chi connectivity index (χ4v) is 4.11. The molecule has 0 N–H and O–H groups in total. The zero-order valence-corrected chi connectivity index (χ0v) is 11.9. The Labute approximate surface area is 116 Å². The van der Waals surface area contributed by atoms with E-state index in [1.54, 1.807) is 0 Å². The molecule has 0 spiro atoms. The van der Waals surface area contributed by atoms with Crippen LogP contribution in [-0.2, 0) is 4.79 Å². The van der Waals surface area contributed by atoms with E-state index >= 15 is 0 Å². The van der Waals surface area contributed by atoms with Gasteiger partial charge in [-0.15, -0.1) is 6.58 Å². The number of fused-ring (bicyclic) bond motifs is 1. The number of amides is 1. The van der Waals surface area contributed by atoms with E-state index in [4.69, 9.17) is 0 Å². The molecule has 0 aliphatic carbocycles. The van der Waals surface area contributed by atoms with E-state index in [0.29, 0.717) is 17.7 Å². The van der Waals surface area contributed by atoms with Gasteiger partial charge in [0.2, 0.25) is 5.91 Å². The van der Waals surface area contributed by atoms with Crippen LogP contribution in [0.1, 0.15) is 12.8 Å². The first kappa shape index (κ1) is 13.1. The molecule has 0 aromatic carbocycles. The van der Waals surface area contributed by atoms with Crippen LogP contribution in [0.4, 0.5) is 0 Å². The van der Waals surface area contributed by atoms with Gasteiger partial charge >= 0.3 is 0 Å². The standard InChI is InChI=1S/C15H25N3O/c1-3-6-17-7-4-5-14(17)15(19)18-10-12-8-16(2)9-13(12)11-18/h3,12-14H,1,4-11H2,2H3/t12-,13+,14-/m0/s1. The first-order chi connectivity index (χ1) is 9.19. The van der Waals surface area contributed by atoms with Gasteiger partial charge < -0.3 is 9.80 Å². The smallest absolute Gasteiger partial charge is 0.239 e. The predicted octanol–water partition coefficient (Wildman–Crippen LogP) is 0.657. The molecule has 106 valence electrons. The van der Waals surface area contributed by atoms with Crippen LogP contribution in [0.5, 0.6) is 0 Å². The van der Waals surface area contributed by atoms with Crippen LogP contribution >= 0.6 is 0 Å². The van der Waals surface area contributed by atoms with Gasteiger partial charge in [0.1, 0.15) is 0 Å². The Morgan fingerprint density at radius 3 is 2.58 bits per heavy atom. The van der Waals surface area contributed by atoms with Gasteiger partial charge in [-0.05, 0) is 38.3 Å². The van der Waals surface area contributed by atoms with Crippen molar-refractivity contribution >= 4 is 5.91 Å². The van der Waals surface area contributed by atoms with Crippen molar-refractivity contribution in [3.05, 3.63) is 12.7 Å². The topological polar surface area (TPSA) is 26.8 Å². The lowest BCUT2D eigenvalue weighted by Gasteiger charge is -2.27. The van der Waals surface area contributed by atoms with Crippen LogP contribution in [-0.4, -0.2) is 73.0 Å². The number of hydrogen-bond acceptors (Lipinski definition) is 3. The molecule has 3 fully saturated rings. The molecule has 0 aromatic heterocycles. The number of carbonyl (C=O) groups excluding carboxylic acids is 1. The minimum Gasteiger partial charge on any atom is -0.341 e. The van der Waals surface area contributed by atoms with Gasteiger partial charge in [0, 0.05) is 32.7 Å². The summed E-state index contributed by atoms with van der Waals surface area (Å²) < 4.78 is 0. The minimum atomic E-state index is 0.120. The fourth-order valence-electron chi connectivity index (χ4n) is 4.11. The molecule has 0 radical (unpaired) electrons. The summed E-state index contributed by atoms with van der Waals surface area (Å²) in [5.41, 5.74) is 0. The van der Waals surface area contributed by atoms with Crippen molar-refractivity contribution in [1.29, 1.82) is 0 Å². The van der Waals surface area contributed by atoms with Crippen molar-refractivity contribution in [2.75, 3.05) is 46.3 Å². The Kier molecular flexibility index (Phi) is 3.63. The normalized spacial score (nSPS) is 35.8. The average molecular weight is 263 g/mol. The first-order valence-corrected chi connectivity index (χ1v) is 7.51. The third-order valence-corrected chi connectivity index (χ3v) is 4.99. The quantitative estimate of drug-likeness (QED) is 0.700. The van der Waals surface area contributed by atoms with Crippen LogP contribution in [0.2, 0.25) is 0 Å². The average Bonchev–Trinajstić information content (AvgIpc) is 3.02. The Morgan fingerprint density at radius 1 is 1.26 bits per heavy atom. The van der Waals surface area contributed by atoms with Gasteiger partial charge in [0.05, 0.1) is 6.04 Å². The number of likely N-dealkylation sites (tertiary alicyclic amines) is 3. The van der Waals surface area contributed by atoms with Gasteiger partial charge in [0.15, 0.2) is 0 Å². The van der Waals surface area contributed by atoms with E-state index in [0.717, 1.165) is 52.1 Å². The van der Waals surface area contributed by atoms with Crippen LogP contribution in [0.3, 0.4) is 0 Å². The molecule has 3 aliphatic rings. The van der Waals surface area contributed by atoms with E-state index in [-0.39, 0.29) is 6.04 Å². The van der Waals surface area contributed by atoms with Crippen molar-refractivity contribution in [3.8, 4) is 0 Å². The van der Waals surface area contributed by atoms with Crippen molar-refractivity contribution in [3.63, 3.8) is 0 Å². The van der Waals surface area contributed by atoms with Crippen LogP contribution in [0, 0.1) is 11.8 Å². The second-order valence-corrected chi connectivity index (χ2v) is 6.43. The van der Waals surface area contributed by atoms with Crippen molar-refractivity contribution < 1.29 is 4.79 Å². The highest BCUT2D eigenvalue weighted by Crippen LogP contribution is 2.31. The lowest BCUT2D eigenvalue weighted by Crippen LogP contribution is -2.45. The molecule has 0 bridgehead atoms. The molecular formula is C15H25N3O. The van der Waals surface area contributed by atoms with E-state index in [1.165, 1.54) is 0 Å². The Bertz CT molecular complexity index is 356. The number of carbonyl (C=O) groups is 1. The van der Waals surface area contributed by atoms with Crippen molar-refractivity contribution in [2.24, 2.45) is 11.8 Å². The van der Waals surface area contributed by atoms with E-state index < -0.39 is 0 Å². The van der Waals surface area contributed by atoms with Crippen LogP contribution in [0.15, 0.2) is 12.7 Å². The second-order valence-electron chi connectivity index (χ2n) is 6.43. The van der Waals surface area contributed by atoms with E-state index in [1.807, 2.05) is 6.08 Å². The van der Waals surface area contributed by atoms with Crippen molar-refractivity contribution in [1.82, 2.24) is 14.7 Å². The lowest BCUT2D eigenvalue weighted by molar-refractivity contribution is -0.135. The van der Waals surface area contributed by atoms with E-state index in [9.17, 15) is 4.79 Å². The summed E-state index contributed by atoms with van der Waals surface area (Å²) >= 11 is 0. The van der Waals surface area contributed by atoms with E-state index in [2.05, 4.69) is 28.3 Å². The summed E-state index contributed by atoms with van der Waals surface area (Å²) in [4.78, 5) is 19.5. The molecule has 3 atom stereocenters. The molecule has 0 saturated carbocycles. The molecule has 1 amide bonds. The largest absolute Gasteiger partial charge is 0.341 e. The molecule has 3 heterocycles.